The SMILES string of the molecule is C=C/C=C\C(=O)Nc1cc(Nc2ncc(C#N)c(-c3c[nH]c4ccccc34)n2)c(OC(F)(F)F)cc1N(C)CCN(C)C. The normalized spacial score (nSPS) is 11.5. The predicted molar refractivity (Wildman–Crippen MR) is 160 cm³/mol. The molecule has 0 aliphatic carbocycles. The molecule has 4 rings (SSSR count). The molecule has 2 aromatic heterocycles. The molecule has 3 N–H and O–H groups in total. The lowest BCUT2D eigenvalue weighted by Gasteiger charge is -2.26. The van der Waals surface area contributed by atoms with Crippen LogP contribution in [0.25, 0.3) is 22.2 Å². The number of carbonyl (C=O) groups excluding carboxylic acids is 1. The van der Waals surface area contributed by atoms with E-state index in [-0.39, 0.29) is 34.3 Å². The molecule has 0 fully saturated rings. The molecule has 0 radical (unpaired) electrons. The molecule has 0 atom stereocenters. The van der Waals surface area contributed by atoms with Crippen molar-refractivity contribution in [2.24, 2.45) is 0 Å². The van der Waals surface area contributed by atoms with Crippen LogP contribution in [0.4, 0.5) is 36.2 Å². The number of aromatic amines is 1. The van der Waals surface area contributed by atoms with Crippen LogP contribution in [0.3, 0.4) is 0 Å². The van der Waals surface area contributed by atoms with Gasteiger partial charge in [0, 0.05) is 54.9 Å². The number of likely N-dealkylation sites (N-methyl/N-ethyl adjacent to an activating group) is 2. The lowest BCUT2D eigenvalue weighted by Crippen LogP contribution is -2.29. The van der Waals surface area contributed by atoms with Gasteiger partial charge in [-0.05, 0) is 26.2 Å². The smallest absolute Gasteiger partial charge is 0.403 e. The van der Waals surface area contributed by atoms with Crippen LogP contribution in [0.1, 0.15) is 5.56 Å². The highest BCUT2D eigenvalue weighted by atomic mass is 19.4. The highest BCUT2D eigenvalue weighted by Gasteiger charge is 2.33. The summed E-state index contributed by atoms with van der Waals surface area (Å²) in [5, 5.41) is 16.0. The standard InChI is InChI=1S/C30H29F3N8O2/c1-5-6-11-27(42)37-23-14-24(26(43-30(31,32)33)15-25(23)41(4)13-12-40(2)3)38-29-36-17-19(16-34)28(39-29)21-18-35-22-10-8-7-9-20(21)22/h5-11,14-15,17-18,35H,1,12-13H2,2-4H3,(H,37,42)(H,36,38,39)/b11-6-. The van der Waals surface area contributed by atoms with Gasteiger partial charge in [-0.15, -0.1) is 13.2 Å². The fraction of sp³-hybridized carbons (Fsp3) is 0.200. The fourth-order valence-corrected chi connectivity index (χ4v) is 4.21. The summed E-state index contributed by atoms with van der Waals surface area (Å²) in [6, 6.07) is 12.0. The molecule has 10 nitrogen and oxygen atoms in total. The molecule has 0 spiro atoms. The van der Waals surface area contributed by atoms with Gasteiger partial charge in [-0.1, -0.05) is 36.9 Å². The van der Waals surface area contributed by atoms with Crippen LogP contribution in [-0.4, -0.2) is 66.4 Å². The van der Waals surface area contributed by atoms with Crippen molar-refractivity contribution in [1.29, 1.82) is 5.26 Å². The van der Waals surface area contributed by atoms with Crippen LogP contribution in [0.15, 0.2) is 73.6 Å². The van der Waals surface area contributed by atoms with Crippen molar-refractivity contribution in [2.75, 3.05) is 49.8 Å². The molecule has 222 valence electrons. The van der Waals surface area contributed by atoms with Crippen molar-refractivity contribution in [3.05, 3.63) is 79.2 Å². The first-order valence-corrected chi connectivity index (χ1v) is 13.0. The third-order valence-electron chi connectivity index (χ3n) is 6.26. The van der Waals surface area contributed by atoms with Gasteiger partial charge in [0.25, 0.3) is 0 Å². The van der Waals surface area contributed by atoms with Crippen LogP contribution in [0, 0.1) is 11.3 Å². The maximum Gasteiger partial charge on any atom is 0.573 e. The molecular formula is C30H29F3N8O2. The van der Waals surface area contributed by atoms with Gasteiger partial charge in [0.1, 0.15) is 6.07 Å². The van der Waals surface area contributed by atoms with E-state index in [1.54, 1.807) is 18.1 Å². The number of ether oxygens (including phenoxy) is 1. The Bertz CT molecular complexity index is 1710. The van der Waals surface area contributed by atoms with Gasteiger partial charge in [0.15, 0.2) is 5.75 Å². The average molecular weight is 591 g/mol. The number of nitriles is 1. The number of alkyl halides is 3. The van der Waals surface area contributed by atoms with Crippen molar-refractivity contribution in [1.82, 2.24) is 19.9 Å². The molecule has 0 bridgehead atoms. The zero-order chi connectivity index (χ0) is 31.1. The number of nitrogens with one attached hydrogen (secondary N) is 3. The van der Waals surface area contributed by atoms with E-state index in [9.17, 15) is 23.2 Å². The van der Waals surface area contributed by atoms with E-state index < -0.39 is 18.0 Å². The minimum Gasteiger partial charge on any atom is -0.403 e. The Hall–Kier alpha value is -5.35. The Morgan fingerprint density at radius 2 is 1.95 bits per heavy atom. The number of amides is 1. The Kier molecular flexibility index (Phi) is 9.32. The zero-order valence-electron chi connectivity index (χ0n) is 23.7. The molecule has 2 aromatic carbocycles. The Morgan fingerprint density at radius 1 is 1.19 bits per heavy atom. The lowest BCUT2D eigenvalue weighted by molar-refractivity contribution is -0.274. The Balaban J connectivity index is 1.82. The van der Waals surface area contributed by atoms with E-state index in [1.807, 2.05) is 43.3 Å². The number of carbonyl (C=O) groups is 1. The van der Waals surface area contributed by atoms with Gasteiger partial charge in [0.05, 0.1) is 34.5 Å². The molecule has 0 aliphatic heterocycles. The van der Waals surface area contributed by atoms with Crippen molar-refractivity contribution >= 4 is 39.8 Å². The molecule has 0 saturated heterocycles. The number of para-hydroxylation sites is 1. The number of hydrogen-bond acceptors (Lipinski definition) is 8. The number of benzene rings is 2. The van der Waals surface area contributed by atoms with E-state index >= 15 is 0 Å². The summed E-state index contributed by atoms with van der Waals surface area (Å²) in [5.74, 6) is -1.18. The first-order valence-electron chi connectivity index (χ1n) is 13.0. The minimum atomic E-state index is -5.02. The van der Waals surface area contributed by atoms with E-state index in [2.05, 4.69) is 43.0 Å². The zero-order valence-corrected chi connectivity index (χ0v) is 23.7. The minimum absolute atomic E-state index is 0.0937. The van der Waals surface area contributed by atoms with Gasteiger partial charge in [-0.25, -0.2) is 9.97 Å². The molecule has 0 unspecified atom stereocenters. The van der Waals surface area contributed by atoms with E-state index in [1.165, 1.54) is 36.6 Å². The highest BCUT2D eigenvalue weighted by Crippen LogP contribution is 2.40. The molecule has 4 aromatic rings. The van der Waals surface area contributed by atoms with Gasteiger partial charge < -0.3 is 30.2 Å². The van der Waals surface area contributed by atoms with Crippen LogP contribution in [0.2, 0.25) is 0 Å². The number of fused-ring (bicyclic) bond motifs is 1. The summed E-state index contributed by atoms with van der Waals surface area (Å²) in [7, 11) is 5.42. The second kappa shape index (κ2) is 13.1. The predicted octanol–water partition coefficient (Wildman–Crippen LogP) is 5.82. The quantitative estimate of drug-likeness (QED) is 0.148. The van der Waals surface area contributed by atoms with Crippen LogP contribution < -0.4 is 20.3 Å². The number of allylic oxidation sites excluding steroid dienone is 2. The maximum atomic E-state index is 13.6. The van der Waals surface area contributed by atoms with Crippen molar-refractivity contribution in [3.8, 4) is 23.1 Å². The first-order chi connectivity index (χ1) is 20.5. The molecule has 1 amide bonds. The fourth-order valence-electron chi connectivity index (χ4n) is 4.21. The molecular weight excluding hydrogens is 561 g/mol. The van der Waals surface area contributed by atoms with E-state index in [4.69, 9.17) is 0 Å². The average Bonchev–Trinajstić information content (AvgIpc) is 3.39. The summed E-state index contributed by atoms with van der Waals surface area (Å²) in [5.41, 5.74) is 2.20. The van der Waals surface area contributed by atoms with Crippen LogP contribution in [-0.2, 0) is 4.79 Å². The number of anilines is 4. The summed E-state index contributed by atoms with van der Waals surface area (Å²) in [6.07, 6.45) is 2.04. The van der Waals surface area contributed by atoms with Crippen molar-refractivity contribution in [2.45, 2.75) is 6.36 Å². The third-order valence-corrected chi connectivity index (χ3v) is 6.26. The highest BCUT2D eigenvalue weighted by molar-refractivity contribution is 6.02. The van der Waals surface area contributed by atoms with E-state index in [0.29, 0.717) is 18.7 Å². The van der Waals surface area contributed by atoms with Crippen LogP contribution >= 0.6 is 0 Å². The summed E-state index contributed by atoms with van der Waals surface area (Å²) >= 11 is 0. The monoisotopic (exact) mass is 590 g/mol. The molecule has 2 heterocycles. The molecule has 0 aliphatic rings. The number of rotatable bonds is 11. The summed E-state index contributed by atoms with van der Waals surface area (Å²) in [6.45, 7) is 4.56. The number of hydrogen-bond donors (Lipinski definition) is 3. The topological polar surface area (TPSA) is 122 Å². The largest absolute Gasteiger partial charge is 0.573 e. The second-order valence-electron chi connectivity index (χ2n) is 9.66. The number of halogens is 3. The van der Waals surface area contributed by atoms with Crippen molar-refractivity contribution < 1.29 is 22.7 Å². The molecule has 13 heteroatoms. The first kappa shape index (κ1) is 30.6. The van der Waals surface area contributed by atoms with Gasteiger partial charge in [0.2, 0.25) is 11.9 Å². The summed E-state index contributed by atoms with van der Waals surface area (Å²) < 4.78 is 45.1. The Labute approximate surface area is 246 Å². The Morgan fingerprint density at radius 3 is 2.65 bits per heavy atom. The van der Waals surface area contributed by atoms with Crippen LogP contribution in [0.5, 0.6) is 5.75 Å². The van der Waals surface area contributed by atoms with Gasteiger partial charge >= 0.3 is 6.36 Å². The second-order valence-corrected chi connectivity index (χ2v) is 9.66. The van der Waals surface area contributed by atoms with Gasteiger partial charge in [-0.2, -0.15) is 5.26 Å². The maximum absolute atomic E-state index is 13.6. The summed E-state index contributed by atoms with van der Waals surface area (Å²) in [4.78, 5) is 28.0. The van der Waals surface area contributed by atoms with E-state index in [0.717, 1.165) is 10.9 Å². The number of H-pyrrole nitrogens is 1. The number of aromatic nitrogens is 3. The molecule has 43 heavy (non-hydrogen) atoms. The van der Waals surface area contributed by atoms with Gasteiger partial charge in [-0.3, -0.25) is 4.79 Å². The third kappa shape index (κ3) is 7.69. The molecule has 0 saturated carbocycles. The van der Waals surface area contributed by atoms with Crippen molar-refractivity contribution in [3.63, 3.8) is 0 Å². The number of nitrogens with zero attached hydrogens (tertiary/aromatic N) is 5. The lowest BCUT2D eigenvalue weighted by atomic mass is 10.1.